The van der Waals surface area contributed by atoms with Gasteiger partial charge in [0.05, 0.1) is 45.9 Å². The first-order chi connectivity index (χ1) is 12.4. The number of halogens is 2. The van der Waals surface area contributed by atoms with Gasteiger partial charge in [-0.15, -0.1) is 0 Å². The Hall–Kier alpha value is -2.12. The van der Waals surface area contributed by atoms with Crippen LogP contribution in [0.15, 0.2) is 34.9 Å². The van der Waals surface area contributed by atoms with E-state index >= 15 is 0 Å². The van der Waals surface area contributed by atoms with E-state index < -0.39 is 0 Å². The highest BCUT2D eigenvalue weighted by molar-refractivity contribution is 9.10. The van der Waals surface area contributed by atoms with Crippen molar-refractivity contribution >= 4 is 33.4 Å². The van der Waals surface area contributed by atoms with Crippen molar-refractivity contribution in [3.63, 3.8) is 0 Å². The minimum atomic E-state index is -0.150. The lowest BCUT2D eigenvalue weighted by molar-refractivity contribution is 0.0950. The average Bonchev–Trinajstić information content (AvgIpc) is 3.07. The molecule has 0 saturated carbocycles. The van der Waals surface area contributed by atoms with Gasteiger partial charge in [0.1, 0.15) is 0 Å². The number of nitrogens with zero attached hydrogens (tertiary/aromatic N) is 4. The number of rotatable bonds is 5. The zero-order valence-corrected chi connectivity index (χ0v) is 17.1. The molecule has 3 aromatic rings. The van der Waals surface area contributed by atoms with Gasteiger partial charge < -0.3 is 5.32 Å². The van der Waals surface area contributed by atoms with Crippen molar-refractivity contribution in [2.45, 2.75) is 26.9 Å². The highest BCUT2D eigenvalue weighted by Gasteiger charge is 2.11. The summed E-state index contributed by atoms with van der Waals surface area (Å²) in [6.07, 6.45) is 1.56. The van der Waals surface area contributed by atoms with Crippen LogP contribution in [0.4, 0.5) is 0 Å². The molecule has 0 saturated heterocycles. The van der Waals surface area contributed by atoms with E-state index in [2.05, 4.69) is 31.4 Å². The Bertz CT molecular complexity index is 926. The summed E-state index contributed by atoms with van der Waals surface area (Å²) < 4.78 is 4.62. The number of hydrogen-bond donors (Lipinski definition) is 1. The van der Waals surface area contributed by atoms with Crippen molar-refractivity contribution in [2.24, 2.45) is 7.05 Å². The Morgan fingerprint density at radius 3 is 2.50 bits per heavy atom. The molecule has 1 aromatic carbocycles. The Morgan fingerprint density at radius 1 is 1.27 bits per heavy atom. The van der Waals surface area contributed by atoms with E-state index in [1.807, 2.05) is 42.8 Å². The van der Waals surface area contributed by atoms with Crippen LogP contribution in [0.3, 0.4) is 0 Å². The molecule has 0 unspecified atom stereocenters. The fourth-order valence-electron chi connectivity index (χ4n) is 2.66. The molecule has 6 nitrogen and oxygen atoms in total. The molecule has 0 spiro atoms. The van der Waals surface area contributed by atoms with Gasteiger partial charge in [-0.05, 0) is 47.5 Å². The summed E-state index contributed by atoms with van der Waals surface area (Å²) in [4.78, 5) is 12.3. The molecule has 0 aliphatic rings. The van der Waals surface area contributed by atoms with E-state index in [4.69, 9.17) is 11.6 Å². The summed E-state index contributed by atoms with van der Waals surface area (Å²) in [6.45, 7) is 4.98. The lowest BCUT2D eigenvalue weighted by Gasteiger charge is -2.08. The molecule has 26 heavy (non-hydrogen) atoms. The predicted octanol–water partition coefficient (Wildman–Crippen LogP) is 3.63. The van der Waals surface area contributed by atoms with Crippen LogP contribution in [0, 0.1) is 13.8 Å². The second kappa shape index (κ2) is 7.63. The van der Waals surface area contributed by atoms with Crippen LogP contribution in [-0.2, 0) is 20.1 Å². The van der Waals surface area contributed by atoms with Gasteiger partial charge in [0.25, 0.3) is 5.91 Å². The first-order valence-corrected chi connectivity index (χ1v) is 9.27. The SMILES string of the molecule is Cc1nn(Cc2ccc(C(=O)NCc3c(Cl)cnn3C)cc2)c(C)c1Br. The molecule has 136 valence electrons. The fourth-order valence-corrected chi connectivity index (χ4v) is 3.18. The lowest BCUT2D eigenvalue weighted by Crippen LogP contribution is -2.24. The van der Waals surface area contributed by atoms with Crippen LogP contribution >= 0.6 is 27.5 Å². The molecule has 0 atom stereocenters. The Kier molecular flexibility index (Phi) is 5.48. The highest BCUT2D eigenvalue weighted by atomic mass is 79.9. The minimum absolute atomic E-state index is 0.150. The third-order valence-corrected chi connectivity index (χ3v) is 5.73. The van der Waals surface area contributed by atoms with Crippen molar-refractivity contribution in [1.29, 1.82) is 0 Å². The van der Waals surface area contributed by atoms with E-state index in [0.717, 1.165) is 27.1 Å². The van der Waals surface area contributed by atoms with E-state index in [9.17, 15) is 4.79 Å². The number of aryl methyl sites for hydroxylation is 2. The van der Waals surface area contributed by atoms with Gasteiger partial charge in [0.2, 0.25) is 0 Å². The molecule has 8 heteroatoms. The number of amides is 1. The molecule has 0 radical (unpaired) electrons. The largest absolute Gasteiger partial charge is 0.346 e. The van der Waals surface area contributed by atoms with E-state index in [-0.39, 0.29) is 5.91 Å². The van der Waals surface area contributed by atoms with E-state index in [1.165, 1.54) is 0 Å². The number of carbonyl (C=O) groups is 1. The first kappa shape index (κ1) is 18.7. The maximum absolute atomic E-state index is 12.3. The average molecular weight is 437 g/mol. The molecule has 2 aromatic heterocycles. The molecule has 0 bridgehead atoms. The maximum Gasteiger partial charge on any atom is 0.251 e. The number of aromatic nitrogens is 4. The zero-order chi connectivity index (χ0) is 18.8. The van der Waals surface area contributed by atoms with Crippen LogP contribution in [0.5, 0.6) is 0 Å². The zero-order valence-electron chi connectivity index (χ0n) is 14.8. The summed E-state index contributed by atoms with van der Waals surface area (Å²) in [6, 6.07) is 7.51. The van der Waals surface area contributed by atoms with Gasteiger partial charge in [-0.1, -0.05) is 23.7 Å². The molecule has 1 N–H and O–H groups in total. The number of benzene rings is 1. The topological polar surface area (TPSA) is 64.7 Å². The minimum Gasteiger partial charge on any atom is -0.346 e. The van der Waals surface area contributed by atoms with Gasteiger partial charge in [0.15, 0.2) is 0 Å². The summed E-state index contributed by atoms with van der Waals surface area (Å²) in [5, 5.41) is 12.0. The van der Waals surface area contributed by atoms with E-state index in [0.29, 0.717) is 23.7 Å². The van der Waals surface area contributed by atoms with Crippen molar-refractivity contribution in [3.05, 3.63) is 68.2 Å². The summed E-state index contributed by atoms with van der Waals surface area (Å²) in [5.74, 6) is -0.150. The standard InChI is InChI=1S/C18H19BrClN5O/c1-11-17(19)12(2)25(23-11)10-13-4-6-14(7-5-13)18(26)21-9-16-15(20)8-22-24(16)3/h4-8H,9-10H2,1-3H3,(H,21,26). The first-order valence-electron chi connectivity index (χ1n) is 8.10. The number of nitrogens with one attached hydrogen (secondary N) is 1. The molecule has 0 aliphatic carbocycles. The molecular formula is C18H19BrClN5O. The maximum atomic E-state index is 12.3. The van der Waals surface area contributed by atoms with Crippen LogP contribution in [0.1, 0.15) is 33.0 Å². The third kappa shape index (κ3) is 3.83. The fraction of sp³-hybridized carbons (Fsp3) is 0.278. The van der Waals surface area contributed by atoms with Crippen molar-refractivity contribution < 1.29 is 4.79 Å². The molecule has 0 fully saturated rings. The van der Waals surface area contributed by atoms with Gasteiger partial charge in [0, 0.05) is 12.6 Å². The number of hydrogen-bond acceptors (Lipinski definition) is 3. The van der Waals surface area contributed by atoms with Crippen LogP contribution in [0.25, 0.3) is 0 Å². The molecular weight excluding hydrogens is 418 g/mol. The Labute approximate surface area is 165 Å². The van der Waals surface area contributed by atoms with Gasteiger partial charge >= 0.3 is 0 Å². The summed E-state index contributed by atoms with van der Waals surface area (Å²) in [5.41, 5.74) is 4.49. The molecule has 1 amide bonds. The van der Waals surface area contributed by atoms with Gasteiger partial charge in [-0.3, -0.25) is 14.2 Å². The Balaban J connectivity index is 1.65. The second-order valence-electron chi connectivity index (χ2n) is 6.08. The van der Waals surface area contributed by atoms with Crippen LogP contribution in [-0.4, -0.2) is 25.5 Å². The summed E-state index contributed by atoms with van der Waals surface area (Å²) >= 11 is 9.59. The highest BCUT2D eigenvalue weighted by Crippen LogP contribution is 2.20. The van der Waals surface area contributed by atoms with Gasteiger partial charge in [-0.25, -0.2) is 0 Å². The lowest BCUT2D eigenvalue weighted by atomic mass is 10.1. The second-order valence-corrected chi connectivity index (χ2v) is 7.29. The van der Waals surface area contributed by atoms with Gasteiger partial charge in [-0.2, -0.15) is 10.2 Å². The molecule has 2 heterocycles. The predicted molar refractivity (Wildman–Crippen MR) is 104 cm³/mol. The molecule has 3 rings (SSSR count). The third-order valence-electron chi connectivity index (χ3n) is 4.27. The van der Waals surface area contributed by atoms with Crippen LogP contribution < -0.4 is 5.32 Å². The van der Waals surface area contributed by atoms with Crippen molar-refractivity contribution in [1.82, 2.24) is 24.9 Å². The number of carbonyl (C=O) groups excluding carboxylic acids is 1. The van der Waals surface area contributed by atoms with Crippen molar-refractivity contribution in [3.8, 4) is 0 Å². The monoisotopic (exact) mass is 435 g/mol. The normalized spacial score (nSPS) is 11.0. The van der Waals surface area contributed by atoms with Crippen LogP contribution in [0.2, 0.25) is 5.02 Å². The Morgan fingerprint density at radius 2 is 1.96 bits per heavy atom. The van der Waals surface area contributed by atoms with E-state index in [1.54, 1.807) is 17.9 Å². The summed E-state index contributed by atoms with van der Waals surface area (Å²) in [7, 11) is 1.79. The smallest absolute Gasteiger partial charge is 0.251 e. The van der Waals surface area contributed by atoms with Crippen molar-refractivity contribution in [2.75, 3.05) is 0 Å². The quantitative estimate of drug-likeness (QED) is 0.664. The molecule has 0 aliphatic heterocycles.